The van der Waals surface area contributed by atoms with E-state index in [1.165, 1.54) is 14.1 Å². The minimum Gasteiger partial charge on any atom is -0.202 e. The van der Waals surface area contributed by atoms with E-state index < -0.39 is 10.2 Å². The molecule has 0 aliphatic carbocycles. The van der Waals surface area contributed by atoms with Crippen molar-refractivity contribution < 1.29 is 8.42 Å². The first-order chi connectivity index (χ1) is 7.02. The molecule has 15 heavy (non-hydrogen) atoms. The molecule has 1 N–H and O–H groups in total. The van der Waals surface area contributed by atoms with E-state index in [0.717, 1.165) is 9.87 Å². The fraction of sp³-hybridized carbons (Fsp3) is 0.400. The van der Waals surface area contributed by atoms with Gasteiger partial charge in [-0.1, -0.05) is 30.3 Å². The summed E-state index contributed by atoms with van der Waals surface area (Å²) >= 11 is 0. The molecule has 0 unspecified atom stereocenters. The van der Waals surface area contributed by atoms with Crippen molar-refractivity contribution >= 4 is 10.2 Å². The van der Waals surface area contributed by atoms with E-state index in [2.05, 4.69) is 4.72 Å². The highest BCUT2D eigenvalue weighted by atomic mass is 32.2. The van der Waals surface area contributed by atoms with E-state index in [0.29, 0.717) is 13.0 Å². The lowest BCUT2D eigenvalue weighted by molar-refractivity contribution is 0.506. The van der Waals surface area contributed by atoms with Gasteiger partial charge in [0.25, 0.3) is 10.2 Å². The SMILES string of the molecule is CN(C)S(=O)(=O)NCCc1ccccc1. The summed E-state index contributed by atoms with van der Waals surface area (Å²) in [6.45, 7) is 0.421. The van der Waals surface area contributed by atoms with Gasteiger partial charge in [-0.3, -0.25) is 0 Å². The summed E-state index contributed by atoms with van der Waals surface area (Å²) in [6.07, 6.45) is 0.702. The first kappa shape index (κ1) is 12.2. The molecule has 4 nitrogen and oxygen atoms in total. The van der Waals surface area contributed by atoms with Gasteiger partial charge < -0.3 is 0 Å². The van der Waals surface area contributed by atoms with Gasteiger partial charge in [-0.2, -0.15) is 12.7 Å². The Labute approximate surface area is 91.1 Å². The van der Waals surface area contributed by atoms with Gasteiger partial charge in [0, 0.05) is 20.6 Å². The predicted octanol–water partition coefficient (Wildman–Crippen LogP) is 0.625. The summed E-state index contributed by atoms with van der Waals surface area (Å²) in [7, 11) is -0.275. The van der Waals surface area contributed by atoms with Crippen molar-refractivity contribution in [2.45, 2.75) is 6.42 Å². The van der Waals surface area contributed by atoms with Crippen molar-refractivity contribution in [3.8, 4) is 0 Å². The first-order valence-electron chi connectivity index (χ1n) is 4.73. The Morgan fingerprint density at radius 2 is 1.80 bits per heavy atom. The third kappa shape index (κ3) is 3.99. The minimum atomic E-state index is -3.29. The Kier molecular flexibility index (Phi) is 4.26. The normalized spacial score (nSPS) is 11.9. The quantitative estimate of drug-likeness (QED) is 0.803. The molecular formula is C10H16N2O2S. The van der Waals surface area contributed by atoms with Crippen molar-refractivity contribution in [3.63, 3.8) is 0 Å². The van der Waals surface area contributed by atoms with Crippen molar-refractivity contribution in [2.75, 3.05) is 20.6 Å². The summed E-state index contributed by atoms with van der Waals surface area (Å²) in [5.74, 6) is 0. The Balaban J connectivity index is 2.41. The highest BCUT2D eigenvalue weighted by Crippen LogP contribution is 1.99. The lowest BCUT2D eigenvalue weighted by Crippen LogP contribution is -2.36. The lowest BCUT2D eigenvalue weighted by atomic mass is 10.2. The second kappa shape index (κ2) is 5.25. The number of nitrogens with zero attached hydrogens (tertiary/aromatic N) is 1. The smallest absolute Gasteiger partial charge is 0.202 e. The highest BCUT2D eigenvalue weighted by Gasteiger charge is 2.11. The average molecular weight is 228 g/mol. The monoisotopic (exact) mass is 228 g/mol. The summed E-state index contributed by atoms with van der Waals surface area (Å²) in [5, 5.41) is 0. The van der Waals surface area contributed by atoms with Crippen LogP contribution in [0.25, 0.3) is 0 Å². The van der Waals surface area contributed by atoms with Crippen LogP contribution in [0, 0.1) is 0 Å². The molecule has 84 valence electrons. The second-order valence-corrected chi connectivity index (χ2v) is 5.39. The molecular weight excluding hydrogens is 212 g/mol. The van der Waals surface area contributed by atoms with Crippen molar-refractivity contribution in [3.05, 3.63) is 35.9 Å². The third-order valence-electron chi connectivity index (χ3n) is 2.02. The molecule has 0 spiro atoms. The van der Waals surface area contributed by atoms with E-state index in [1.54, 1.807) is 0 Å². The molecule has 5 heteroatoms. The summed E-state index contributed by atoms with van der Waals surface area (Å²) in [4.78, 5) is 0. The number of rotatable bonds is 5. The van der Waals surface area contributed by atoms with E-state index in [-0.39, 0.29) is 0 Å². The molecule has 0 radical (unpaired) electrons. The third-order valence-corrected chi connectivity index (χ3v) is 3.55. The van der Waals surface area contributed by atoms with Gasteiger partial charge >= 0.3 is 0 Å². The topological polar surface area (TPSA) is 49.4 Å². The zero-order valence-corrected chi connectivity index (χ0v) is 9.79. The molecule has 0 aliphatic heterocycles. The van der Waals surface area contributed by atoms with Crippen LogP contribution in [0.3, 0.4) is 0 Å². The summed E-state index contributed by atoms with van der Waals surface area (Å²) in [5.41, 5.74) is 1.12. The minimum absolute atomic E-state index is 0.421. The molecule has 0 saturated carbocycles. The van der Waals surface area contributed by atoms with Gasteiger partial charge in [0.15, 0.2) is 0 Å². The standard InChI is InChI=1S/C10H16N2O2S/c1-12(2)15(13,14)11-9-8-10-6-4-3-5-7-10/h3-7,11H,8-9H2,1-2H3. The molecule has 1 aromatic carbocycles. The number of nitrogens with one attached hydrogen (secondary N) is 1. The molecule has 1 aromatic rings. The van der Waals surface area contributed by atoms with Crippen LogP contribution in [0.2, 0.25) is 0 Å². The van der Waals surface area contributed by atoms with Gasteiger partial charge in [-0.15, -0.1) is 0 Å². The largest absolute Gasteiger partial charge is 0.278 e. The van der Waals surface area contributed by atoms with Crippen LogP contribution < -0.4 is 4.72 Å². The predicted molar refractivity (Wildman–Crippen MR) is 60.8 cm³/mol. The fourth-order valence-electron chi connectivity index (χ4n) is 1.10. The van der Waals surface area contributed by atoms with Gasteiger partial charge in [-0.05, 0) is 12.0 Å². The van der Waals surface area contributed by atoms with E-state index in [9.17, 15) is 8.42 Å². The van der Waals surface area contributed by atoms with E-state index in [4.69, 9.17) is 0 Å². The van der Waals surface area contributed by atoms with Crippen LogP contribution in [0.15, 0.2) is 30.3 Å². The van der Waals surface area contributed by atoms with Crippen molar-refractivity contribution in [2.24, 2.45) is 0 Å². The molecule has 1 rings (SSSR count). The Morgan fingerprint density at radius 1 is 1.20 bits per heavy atom. The molecule has 0 atom stereocenters. The Morgan fingerprint density at radius 3 is 2.33 bits per heavy atom. The molecule has 0 aliphatic rings. The number of benzene rings is 1. The van der Waals surface area contributed by atoms with Crippen LogP contribution in [-0.4, -0.2) is 33.4 Å². The first-order valence-corrected chi connectivity index (χ1v) is 6.17. The maximum absolute atomic E-state index is 11.3. The van der Waals surface area contributed by atoms with Gasteiger partial charge in [0.1, 0.15) is 0 Å². The van der Waals surface area contributed by atoms with Crippen LogP contribution in [0.5, 0.6) is 0 Å². The van der Waals surface area contributed by atoms with Crippen LogP contribution in [0.4, 0.5) is 0 Å². The van der Waals surface area contributed by atoms with Crippen LogP contribution in [0.1, 0.15) is 5.56 Å². The molecule has 0 bridgehead atoms. The molecule has 0 saturated heterocycles. The zero-order valence-electron chi connectivity index (χ0n) is 8.97. The van der Waals surface area contributed by atoms with Gasteiger partial charge in [-0.25, -0.2) is 4.72 Å². The van der Waals surface area contributed by atoms with Crippen molar-refractivity contribution in [1.82, 2.24) is 9.03 Å². The van der Waals surface area contributed by atoms with Gasteiger partial charge in [0.2, 0.25) is 0 Å². The molecule has 0 aromatic heterocycles. The fourth-order valence-corrected chi connectivity index (χ4v) is 1.72. The van der Waals surface area contributed by atoms with Crippen LogP contribution in [-0.2, 0) is 16.6 Å². The summed E-state index contributed by atoms with van der Waals surface area (Å²) in [6, 6.07) is 9.77. The lowest BCUT2D eigenvalue weighted by Gasteiger charge is -2.11. The zero-order chi connectivity index (χ0) is 11.3. The van der Waals surface area contributed by atoms with E-state index >= 15 is 0 Å². The maximum atomic E-state index is 11.3. The van der Waals surface area contributed by atoms with E-state index in [1.807, 2.05) is 30.3 Å². The second-order valence-electron chi connectivity index (χ2n) is 3.42. The number of hydrogen-bond donors (Lipinski definition) is 1. The highest BCUT2D eigenvalue weighted by molar-refractivity contribution is 7.87. The maximum Gasteiger partial charge on any atom is 0.278 e. The Hall–Kier alpha value is -0.910. The van der Waals surface area contributed by atoms with Gasteiger partial charge in [0.05, 0.1) is 0 Å². The summed E-state index contributed by atoms with van der Waals surface area (Å²) < 4.78 is 26.3. The molecule has 0 heterocycles. The van der Waals surface area contributed by atoms with Crippen molar-refractivity contribution in [1.29, 1.82) is 0 Å². The van der Waals surface area contributed by atoms with Crippen LogP contribution >= 0.6 is 0 Å². The Bertz CT molecular complexity index is 387. The number of hydrogen-bond acceptors (Lipinski definition) is 2. The molecule has 0 fully saturated rings. The average Bonchev–Trinajstić information content (AvgIpc) is 2.19. The molecule has 0 amide bonds.